The monoisotopic (exact) mass is 401 g/mol. The van der Waals surface area contributed by atoms with E-state index in [-0.39, 0.29) is 12.5 Å². The molecular formula is C21H27N3O3S. The van der Waals surface area contributed by atoms with Crippen LogP contribution in [0.4, 0.5) is 11.4 Å². The van der Waals surface area contributed by atoms with Gasteiger partial charge in [-0.2, -0.15) is 4.31 Å². The topological polar surface area (TPSA) is 78.5 Å². The summed E-state index contributed by atoms with van der Waals surface area (Å²) in [7, 11) is -3.43. The average Bonchev–Trinajstić information content (AvgIpc) is 2.71. The molecule has 1 heterocycles. The van der Waals surface area contributed by atoms with Crippen molar-refractivity contribution in [3.8, 4) is 0 Å². The molecule has 2 aromatic carbocycles. The highest BCUT2D eigenvalue weighted by Crippen LogP contribution is 2.22. The first-order valence-corrected chi connectivity index (χ1v) is 11.0. The van der Waals surface area contributed by atoms with Gasteiger partial charge in [-0.05, 0) is 68.1 Å². The van der Waals surface area contributed by atoms with Crippen LogP contribution in [0.1, 0.15) is 30.4 Å². The third-order valence-corrected chi connectivity index (χ3v) is 7.05. The van der Waals surface area contributed by atoms with Gasteiger partial charge in [0, 0.05) is 24.5 Å². The lowest BCUT2D eigenvalue weighted by molar-refractivity contribution is -0.114. The van der Waals surface area contributed by atoms with Gasteiger partial charge in [0.25, 0.3) is 0 Å². The molecule has 0 aromatic heterocycles. The number of sulfonamides is 1. The van der Waals surface area contributed by atoms with E-state index in [1.165, 1.54) is 0 Å². The van der Waals surface area contributed by atoms with E-state index >= 15 is 0 Å². The van der Waals surface area contributed by atoms with Crippen molar-refractivity contribution in [2.75, 3.05) is 30.3 Å². The number of carbonyl (C=O) groups is 1. The van der Waals surface area contributed by atoms with E-state index in [0.717, 1.165) is 36.1 Å². The normalized spacial score (nSPS) is 15.2. The van der Waals surface area contributed by atoms with Crippen LogP contribution in [0.3, 0.4) is 0 Å². The Morgan fingerprint density at radius 3 is 2.36 bits per heavy atom. The van der Waals surface area contributed by atoms with Gasteiger partial charge in [-0.25, -0.2) is 8.42 Å². The van der Waals surface area contributed by atoms with Crippen molar-refractivity contribution in [1.82, 2.24) is 4.31 Å². The molecule has 0 bridgehead atoms. The maximum absolute atomic E-state index is 12.7. The van der Waals surface area contributed by atoms with Crippen molar-refractivity contribution < 1.29 is 13.2 Å². The summed E-state index contributed by atoms with van der Waals surface area (Å²) < 4.78 is 26.9. The molecule has 0 spiro atoms. The fourth-order valence-electron chi connectivity index (χ4n) is 3.26. The Labute approximate surface area is 167 Å². The van der Waals surface area contributed by atoms with Crippen LogP contribution in [0.2, 0.25) is 0 Å². The van der Waals surface area contributed by atoms with Gasteiger partial charge in [-0.3, -0.25) is 4.79 Å². The number of nitrogens with zero attached hydrogens (tertiary/aromatic N) is 1. The lowest BCUT2D eigenvalue weighted by Crippen LogP contribution is -2.35. The predicted molar refractivity (Wildman–Crippen MR) is 112 cm³/mol. The van der Waals surface area contributed by atoms with Crippen molar-refractivity contribution in [1.29, 1.82) is 0 Å². The van der Waals surface area contributed by atoms with Gasteiger partial charge in [-0.1, -0.05) is 18.6 Å². The molecule has 1 saturated heterocycles. The molecule has 7 heteroatoms. The van der Waals surface area contributed by atoms with Crippen molar-refractivity contribution >= 4 is 27.3 Å². The van der Waals surface area contributed by atoms with Crippen LogP contribution in [0, 0.1) is 13.8 Å². The molecule has 150 valence electrons. The van der Waals surface area contributed by atoms with Gasteiger partial charge in [0.2, 0.25) is 15.9 Å². The fraction of sp³-hybridized carbons (Fsp3) is 0.381. The molecule has 1 amide bonds. The molecule has 0 unspecified atom stereocenters. The second kappa shape index (κ2) is 8.75. The summed E-state index contributed by atoms with van der Waals surface area (Å²) in [5.74, 6) is -0.154. The molecular weight excluding hydrogens is 374 g/mol. The second-order valence-electron chi connectivity index (χ2n) is 7.14. The van der Waals surface area contributed by atoms with E-state index in [4.69, 9.17) is 0 Å². The van der Waals surface area contributed by atoms with Crippen LogP contribution in [0.5, 0.6) is 0 Å². The number of hydrogen-bond acceptors (Lipinski definition) is 4. The van der Waals surface area contributed by atoms with Crippen LogP contribution in [0.25, 0.3) is 0 Å². The van der Waals surface area contributed by atoms with Gasteiger partial charge in [-0.15, -0.1) is 0 Å². The molecule has 1 aliphatic heterocycles. The molecule has 1 fully saturated rings. The second-order valence-corrected chi connectivity index (χ2v) is 9.08. The fourth-order valence-corrected chi connectivity index (χ4v) is 4.78. The maximum Gasteiger partial charge on any atom is 0.243 e. The molecule has 0 aliphatic carbocycles. The Morgan fingerprint density at radius 2 is 1.68 bits per heavy atom. The van der Waals surface area contributed by atoms with E-state index in [9.17, 15) is 13.2 Å². The summed E-state index contributed by atoms with van der Waals surface area (Å²) in [5.41, 5.74) is 3.67. The van der Waals surface area contributed by atoms with Crippen LogP contribution < -0.4 is 10.6 Å². The first-order chi connectivity index (χ1) is 13.4. The summed E-state index contributed by atoms with van der Waals surface area (Å²) in [4.78, 5) is 12.5. The Kier molecular flexibility index (Phi) is 6.36. The number of rotatable bonds is 6. The van der Waals surface area contributed by atoms with Crippen molar-refractivity contribution in [2.45, 2.75) is 38.0 Å². The molecule has 0 atom stereocenters. The third-order valence-electron chi connectivity index (χ3n) is 5.14. The minimum absolute atomic E-state index is 0.103. The highest BCUT2D eigenvalue weighted by Gasteiger charge is 2.25. The number of aryl methyl sites for hydroxylation is 1. The first kappa shape index (κ1) is 20.4. The molecule has 28 heavy (non-hydrogen) atoms. The van der Waals surface area contributed by atoms with Gasteiger partial charge in [0.1, 0.15) is 0 Å². The summed E-state index contributed by atoms with van der Waals surface area (Å²) in [6.45, 7) is 5.25. The number of amides is 1. The quantitative estimate of drug-likeness (QED) is 0.776. The maximum atomic E-state index is 12.7. The van der Waals surface area contributed by atoms with Crippen LogP contribution in [0.15, 0.2) is 47.4 Å². The zero-order chi connectivity index (χ0) is 20.1. The zero-order valence-corrected chi connectivity index (χ0v) is 17.2. The summed E-state index contributed by atoms with van der Waals surface area (Å²) in [5, 5.41) is 5.93. The Balaban J connectivity index is 1.58. The standard InChI is InChI=1S/C21H27N3O3S/c1-16-7-6-8-20(17(16)2)23-21(25)15-22-18-9-11-19(12-10-18)28(26,27)24-13-4-3-5-14-24/h6-12,22H,3-5,13-15H2,1-2H3,(H,23,25). The molecule has 0 saturated carbocycles. The van der Waals surface area contributed by atoms with Crippen molar-refractivity contribution in [3.05, 3.63) is 53.6 Å². The Morgan fingerprint density at radius 1 is 1.00 bits per heavy atom. The van der Waals surface area contributed by atoms with E-state index in [2.05, 4.69) is 10.6 Å². The van der Waals surface area contributed by atoms with Crippen molar-refractivity contribution in [3.63, 3.8) is 0 Å². The van der Waals surface area contributed by atoms with Gasteiger partial charge >= 0.3 is 0 Å². The molecule has 3 rings (SSSR count). The number of benzene rings is 2. The van der Waals surface area contributed by atoms with Crippen LogP contribution in [-0.4, -0.2) is 38.3 Å². The van der Waals surface area contributed by atoms with Crippen molar-refractivity contribution in [2.24, 2.45) is 0 Å². The minimum atomic E-state index is -3.43. The Bertz CT molecular complexity index is 934. The summed E-state index contributed by atoms with van der Waals surface area (Å²) in [6, 6.07) is 12.4. The van der Waals surface area contributed by atoms with E-state index in [1.54, 1.807) is 28.6 Å². The van der Waals surface area contributed by atoms with E-state index in [0.29, 0.717) is 23.7 Å². The molecule has 0 radical (unpaired) electrons. The smallest absolute Gasteiger partial charge is 0.243 e. The third kappa shape index (κ3) is 4.72. The zero-order valence-electron chi connectivity index (χ0n) is 16.4. The highest BCUT2D eigenvalue weighted by atomic mass is 32.2. The Hall–Kier alpha value is -2.38. The van der Waals surface area contributed by atoms with E-state index in [1.807, 2.05) is 32.0 Å². The number of anilines is 2. The van der Waals surface area contributed by atoms with Gasteiger partial charge in [0.05, 0.1) is 11.4 Å². The lowest BCUT2D eigenvalue weighted by Gasteiger charge is -2.25. The largest absolute Gasteiger partial charge is 0.376 e. The average molecular weight is 402 g/mol. The van der Waals surface area contributed by atoms with Gasteiger partial charge in [0.15, 0.2) is 0 Å². The highest BCUT2D eigenvalue weighted by molar-refractivity contribution is 7.89. The molecule has 2 N–H and O–H groups in total. The first-order valence-electron chi connectivity index (χ1n) is 9.58. The van der Waals surface area contributed by atoms with Crippen LogP contribution in [-0.2, 0) is 14.8 Å². The number of piperidine rings is 1. The number of nitrogens with one attached hydrogen (secondary N) is 2. The van der Waals surface area contributed by atoms with Gasteiger partial charge < -0.3 is 10.6 Å². The number of hydrogen-bond donors (Lipinski definition) is 2. The lowest BCUT2D eigenvalue weighted by atomic mass is 10.1. The molecule has 1 aliphatic rings. The number of carbonyl (C=O) groups excluding carboxylic acids is 1. The van der Waals surface area contributed by atoms with Crippen LogP contribution >= 0.6 is 0 Å². The SMILES string of the molecule is Cc1cccc(NC(=O)CNc2ccc(S(=O)(=O)N3CCCCC3)cc2)c1C. The molecule has 2 aromatic rings. The predicted octanol–water partition coefficient (Wildman–Crippen LogP) is 3.53. The summed E-state index contributed by atoms with van der Waals surface area (Å²) in [6.07, 6.45) is 2.90. The van der Waals surface area contributed by atoms with E-state index < -0.39 is 10.0 Å². The minimum Gasteiger partial charge on any atom is -0.376 e. The molecule has 6 nitrogen and oxygen atoms in total. The summed E-state index contributed by atoms with van der Waals surface area (Å²) >= 11 is 0.